The third kappa shape index (κ3) is 3.90. The number of nitrogens with zero attached hydrogens (tertiary/aromatic N) is 1. The molecule has 1 aromatic carbocycles. The lowest BCUT2D eigenvalue weighted by molar-refractivity contribution is -0.925. The van der Waals surface area contributed by atoms with Gasteiger partial charge in [0.25, 0.3) is 0 Å². The van der Waals surface area contributed by atoms with Crippen molar-refractivity contribution in [1.29, 1.82) is 0 Å². The van der Waals surface area contributed by atoms with Crippen LogP contribution < -0.4 is 10.2 Å². The smallest absolute Gasteiger partial charge is 0.173 e. The molecule has 2 fully saturated rings. The van der Waals surface area contributed by atoms with Crippen LogP contribution in [0.5, 0.6) is 0 Å². The molecule has 132 valence electrons. The van der Waals surface area contributed by atoms with Crippen molar-refractivity contribution in [2.75, 3.05) is 43.0 Å². The largest absolute Gasteiger partial charge is 0.338 e. The lowest BCUT2D eigenvalue weighted by Crippen LogP contribution is -3.18. The Bertz CT molecular complexity index is 725. The fourth-order valence-corrected chi connectivity index (χ4v) is 5.72. The van der Waals surface area contributed by atoms with Gasteiger partial charge in [-0.3, -0.25) is 0 Å². The van der Waals surface area contributed by atoms with E-state index in [1.165, 1.54) is 16.0 Å². The van der Waals surface area contributed by atoms with Crippen LogP contribution in [-0.4, -0.2) is 62.2 Å². The first-order valence-corrected chi connectivity index (χ1v) is 10.8. The molecule has 24 heavy (non-hydrogen) atoms. The lowest BCUT2D eigenvalue weighted by atomic mass is 10.1. The maximum absolute atomic E-state index is 11.7. The highest BCUT2D eigenvalue weighted by Crippen LogP contribution is 2.18. The van der Waals surface area contributed by atoms with Gasteiger partial charge in [0.2, 0.25) is 0 Å². The van der Waals surface area contributed by atoms with Crippen LogP contribution in [0.3, 0.4) is 0 Å². The van der Waals surface area contributed by atoms with E-state index in [9.17, 15) is 8.42 Å². The number of anilines is 1. The molecule has 3 rings (SSSR count). The number of piperazine rings is 1. The van der Waals surface area contributed by atoms with Crippen LogP contribution in [-0.2, 0) is 9.84 Å². The molecule has 2 aliphatic rings. The van der Waals surface area contributed by atoms with Gasteiger partial charge in [0.1, 0.15) is 11.8 Å². The van der Waals surface area contributed by atoms with Crippen LogP contribution in [0.15, 0.2) is 18.2 Å². The number of quaternary nitrogens is 1. The molecule has 1 atom stereocenters. The number of benzene rings is 1. The Kier molecular flexibility index (Phi) is 5.13. The van der Waals surface area contributed by atoms with E-state index in [1.807, 2.05) is 6.07 Å². The van der Waals surface area contributed by atoms with Crippen LogP contribution in [0, 0.1) is 13.8 Å². The number of rotatable bonds is 2. The quantitative estimate of drug-likeness (QED) is 0.740. The molecule has 2 heterocycles. The molecule has 0 unspecified atom stereocenters. The summed E-state index contributed by atoms with van der Waals surface area (Å²) in [5.74, 6) is 0.713. The Hall–Kier alpha value is -1.18. The zero-order chi connectivity index (χ0) is 17.3. The summed E-state index contributed by atoms with van der Waals surface area (Å²) in [5, 5.41) is 4.14. The van der Waals surface area contributed by atoms with Gasteiger partial charge in [0.15, 0.2) is 14.9 Å². The van der Waals surface area contributed by atoms with E-state index in [0.717, 1.165) is 43.4 Å². The Labute approximate surface area is 149 Å². The van der Waals surface area contributed by atoms with Crippen molar-refractivity contribution in [2.45, 2.75) is 26.3 Å². The van der Waals surface area contributed by atoms with Crippen LogP contribution in [0.2, 0.25) is 0 Å². The third-order valence-corrected chi connectivity index (χ3v) is 7.48. The number of hydrogen-bond donors (Lipinski definition) is 2. The Morgan fingerprint density at radius 2 is 2.00 bits per heavy atom. The molecule has 2 N–H and O–H groups in total. The molecular weight excluding hydrogens is 342 g/mol. The predicted octanol–water partition coefficient (Wildman–Crippen LogP) is 0.388. The standard InChI is InChI=1S/C17H25N3O2S2/c1-13-4-3-5-16(14(13)2)18-17(23)20-9-7-19(8-10-20)15-6-11-24(21,22)12-15/h3-5,15H,6-12H2,1-2H3,(H,18,23)/p+1/t15-/m0/s1. The van der Waals surface area contributed by atoms with Gasteiger partial charge >= 0.3 is 0 Å². The SMILES string of the molecule is Cc1cccc(NC(=S)N2CC[NH+]([C@H]3CCS(=O)(=O)C3)CC2)c1C. The minimum absolute atomic E-state index is 0.276. The zero-order valence-corrected chi connectivity index (χ0v) is 16.0. The monoisotopic (exact) mass is 368 g/mol. The minimum Gasteiger partial charge on any atom is -0.338 e. The van der Waals surface area contributed by atoms with Crippen molar-refractivity contribution >= 4 is 32.9 Å². The summed E-state index contributed by atoms with van der Waals surface area (Å²) in [6, 6.07) is 6.47. The molecule has 0 spiro atoms. The van der Waals surface area contributed by atoms with Gasteiger partial charge in [-0.1, -0.05) is 12.1 Å². The van der Waals surface area contributed by atoms with Crippen molar-refractivity contribution in [3.63, 3.8) is 0 Å². The summed E-state index contributed by atoms with van der Waals surface area (Å²) in [4.78, 5) is 3.62. The number of sulfone groups is 1. The van der Waals surface area contributed by atoms with Crippen LogP contribution in [0.4, 0.5) is 5.69 Å². The van der Waals surface area contributed by atoms with Gasteiger partial charge in [-0.05, 0) is 43.3 Å². The highest BCUT2D eigenvalue weighted by molar-refractivity contribution is 7.91. The molecule has 5 nitrogen and oxygen atoms in total. The normalized spacial score (nSPS) is 24.1. The molecule has 2 aliphatic heterocycles. The fourth-order valence-electron chi connectivity index (χ4n) is 3.60. The van der Waals surface area contributed by atoms with Gasteiger partial charge < -0.3 is 15.1 Å². The maximum Gasteiger partial charge on any atom is 0.173 e. The van der Waals surface area contributed by atoms with E-state index < -0.39 is 9.84 Å². The highest BCUT2D eigenvalue weighted by atomic mass is 32.2. The van der Waals surface area contributed by atoms with Crippen molar-refractivity contribution in [2.24, 2.45) is 0 Å². The first kappa shape index (κ1) is 17.6. The number of aryl methyl sites for hydroxylation is 1. The van der Waals surface area contributed by atoms with Crippen LogP contribution >= 0.6 is 12.2 Å². The molecule has 0 radical (unpaired) electrons. The van der Waals surface area contributed by atoms with Gasteiger partial charge in [-0.2, -0.15) is 0 Å². The van der Waals surface area contributed by atoms with Crippen molar-refractivity contribution in [1.82, 2.24) is 4.90 Å². The zero-order valence-electron chi connectivity index (χ0n) is 14.3. The Balaban J connectivity index is 1.55. The van der Waals surface area contributed by atoms with Gasteiger partial charge in [0.05, 0.1) is 31.9 Å². The average molecular weight is 369 g/mol. The molecule has 0 saturated carbocycles. The molecule has 0 amide bonds. The maximum atomic E-state index is 11.7. The van der Waals surface area contributed by atoms with E-state index >= 15 is 0 Å². The molecule has 1 aromatic rings. The van der Waals surface area contributed by atoms with Crippen LogP contribution in [0.1, 0.15) is 17.5 Å². The van der Waals surface area contributed by atoms with E-state index in [2.05, 4.69) is 36.2 Å². The summed E-state index contributed by atoms with van der Waals surface area (Å²) in [7, 11) is -2.80. The van der Waals surface area contributed by atoms with Gasteiger partial charge in [-0.25, -0.2) is 8.42 Å². The van der Waals surface area contributed by atoms with E-state index in [1.54, 1.807) is 0 Å². The predicted molar refractivity (Wildman–Crippen MR) is 101 cm³/mol. The second kappa shape index (κ2) is 6.98. The van der Waals surface area contributed by atoms with E-state index in [4.69, 9.17) is 12.2 Å². The summed E-state index contributed by atoms with van der Waals surface area (Å²) in [6.07, 6.45) is 0.808. The van der Waals surface area contributed by atoms with Crippen molar-refractivity contribution in [3.8, 4) is 0 Å². The Morgan fingerprint density at radius 1 is 1.29 bits per heavy atom. The highest BCUT2D eigenvalue weighted by Gasteiger charge is 2.37. The van der Waals surface area contributed by atoms with E-state index in [0.29, 0.717) is 11.5 Å². The molecule has 0 aromatic heterocycles. The number of hydrogen-bond acceptors (Lipinski definition) is 3. The molecular formula is C17H26N3O2S2+. The molecule has 0 bridgehead atoms. The number of nitrogens with one attached hydrogen (secondary N) is 2. The topological polar surface area (TPSA) is 53.9 Å². The molecule has 0 aliphatic carbocycles. The minimum atomic E-state index is -2.80. The van der Waals surface area contributed by atoms with Gasteiger partial charge in [0, 0.05) is 12.1 Å². The second-order valence-electron chi connectivity index (χ2n) is 6.92. The van der Waals surface area contributed by atoms with E-state index in [-0.39, 0.29) is 6.04 Å². The van der Waals surface area contributed by atoms with Gasteiger partial charge in [-0.15, -0.1) is 0 Å². The number of thiocarbonyl (C=S) groups is 1. The molecule has 2 saturated heterocycles. The molecule has 7 heteroatoms. The average Bonchev–Trinajstić information content (AvgIpc) is 2.92. The first-order valence-electron chi connectivity index (χ1n) is 8.53. The second-order valence-corrected chi connectivity index (χ2v) is 9.54. The third-order valence-electron chi connectivity index (χ3n) is 5.35. The van der Waals surface area contributed by atoms with Crippen molar-refractivity contribution in [3.05, 3.63) is 29.3 Å². The summed E-state index contributed by atoms with van der Waals surface area (Å²) >= 11 is 5.58. The Morgan fingerprint density at radius 3 is 2.62 bits per heavy atom. The fraction of sp³-hybridized carbons (Fsp3) is 0.588. The summed E-state index contributed by atoms with van der Waals surface area (Å²) in [5.41, 5.74) is 3.54. The van der Waals surface area contributed by atoms with Crippen molar-refractivity contribution < 1.29 is 13.3 Å². The summed E-state index contributed by atoms with van der Waals surface area (Å²) in [6.45, 7) is 7.86. The lowest BCUT2D eigenvalue weighted by Gasteiger charge is -2.36. The summed E-state index contributed by atoms with van der Waals surface area (Å²) < 4.78 is 23.3. The first-order chi connectivity index (χ1) is 11.4. The van der Waals surface area contributed by atoms with Crippen LogP contribution in [0.25, 0.3) is 0 Å².